The van der Waals surface area contributed by atoms with Crippen LogP contribution in [-0.2, 0) is 16.1 Å². The molecule has 2 aromatic carbocycles. The lowest BCUT2D eigenvalue weighted by atomic mass is 10.2. The van der Waals surface area contributed by atoms with Crippen molar-refractivity contribution in [3.63, 3.8) is 0 Å². The maximum Gasteiger partial charge on any atom is 0.342 e. The number of rotatable bonds is 6. The molecule has 0 aromatic heterocycles. The van der Waals surface area contributed by atoms with Crippen LogP contribution in [-0.4, -0.2) is 18.5 Å². The molecule has 0 heterocycles. The summed E-state index contributed by atoms with van der Waals surface area (Å²) < 4.78 is 23.1. The second kappa shape index (κ2) is 7.21. The van der Waals surface area contributed by atoms with Crippen LogP contribution >= 0.6 is 0 Å². The third kappa shape index (κ3) is 4.31. The minimum Gasteiger partial charge on any atom is -0.483 e. The van der Waals surface area contributed by atoms with Crippen molar-refractivity contribution in [2.45, 2.75) is 6.61 Å². The van der Waals surface area contributed by atoms with E-state index in [9.17, 15) is 14.0 Å². The van der Waals surface area contributed by atoms with Crippen LogP contribution in [0.25, 0.3) is 0 Å². The van der Waals surface area contributed by atoms with Gasteiger partial charge >= 0.3 is 5.97 Å². The molecule has 1 amide bonds. The summed E-state index contributed by atoms with van der Waals surface area (Å²) in [6.45, 7) is -0.328. The number of halogens is 1. The summed E-state index contributed by atoms with van der Waals surface area (Å²) in [6, 6.07) is 12.0. The van der Waals surface area contributed by atoms with Crippen molar-refractivity contribution in [3.8, 4) is 5.75 Å². The van der Waals surface area contributed by atoms with E-state index >= 15 is 0 Å². The second-order valence-electron chi connectivity index (χ2n) is 4.45. The number of primary amides is 1. The molecule has 0 radical (unpaired) electrons. The van der Waals surface area contributed by atoms with Crippen LogP contribution < -0.4 is 10.5 Å². The molecule has 22 heavy (non-hydrogen) atoms. The molecule has 0 saturated carbocycles. The quantitative estimate of drug-likeness (QED) is 0.828. The van der Waals surface area contributed by atoms with Gasteiger partial charge in [-0.05, 0) is 29.8 Å². The van der Waals surface area contributed by atoms with E-state index in [-0.39, 0.29) is 30.3 Å². The normalized spacial score (nSPS) is 10.0. The Balaban J connectivity index is 2.02. The van der Waals surface area contributed by atoms with Crippen LogP contribution in [0.2, 0.25) is 0 Å². The zero-order chi connectivity index (χ0) is 15.9. The molecule has 2 rings (SSSR count). The Morgan fingerprint density at radius 3 is 2.41 bits per heavy atom. The van der Waals surface area contributed by atoms with Gasteiger partial charge in [0.15, 0.2) is 6.61 Å². The van der Waals surface area contributed by atoms with Crippen molar-refractivity contribution < 1.29 is 23.5 Å². The van der Waals surface area contributed by atoms with Gasteiger partial charge in [0.05, 0.1) is 0 Å². The fraction of sp³-hybridized carbons (Fsp3) is 0.125. The number of nitrogens with two attached hydrogens (primary N) is 1. The monoisotopic (exact) mass is 303 g/mol. The standard InChI is InChI=1S/C16H14FNO4/c17-12-7-5-11(6-8-12)9-22-16(20)13-3-1-2-4-14(13)21-10-15(18)19/h1-8H,9-10H2,(H2,18,19). The van der Waals surface area contributed by atoms with Gasteiger partial charge in [0.25, 0.3) is 5.91 Å². The first-order chi connectivity index (χ1) is 10.6. The fourth-order valence-corrected chi connectivity index (χ4v) is 1.72. The molecule has 0 bridgehead atoms. The van der Waals surface area contributed by atoms with Gasteiger partial charge in [0.1, 0.15) is 23.7 Å². The molecule has 0 fully saturated rings. The zero-order valence-electron chi connectivity index (χ0n) is 11.6. The van der Waals surface area contributed by atoms with Gasteiger partial charge < -0.3 is 15.2 Å². The van der Waals surface area contributed by atoms with Crippen LogP contribution in [0.4, 0.5) is 4.39 Å². The minimum atomic E-state index is -0.644. The summed E-state index contributed by atoms with van der Waals surface area (Å²) in [5.41, 5.74) is 5.85. The minimum absolute atomic E-state index is 0.00324. The molecule has 0 aliphatic heterocycles. The molecule has 0 aliphatic rings. The molecule has 0 saturated heterocycles. The molecule has 0 aliphatic carbocycles. The van der Waals surface area contributed by atoms with Crippen molar-refractivity contribution in [3.05, 3.63) is 65.5 Å². The Hall–Kier alpha value is -2.89. The first-order valence-electron chi connectivity index (χ1n) is 6.48. The summed E-state index contributed by atoms with van der Waals surface area (Å²) in [6.07, 6.45) is 0. The number of hydrogen-bond donors (Lipinski definition) is 1. The molecule has 2 aromatic rings. The first kappa shape index (κ1) is 15.5. The molecule has 2 N–H and O–H groups in total. The average Bonchev–Trinajstić information content (AvgIpc) is 2.52. The lowest BCUT2D eigenvalue weighted by Gasteiger charge is -2.10. The fourth-order valence-electron chi connectivity index (χ4n) is 1.72. The zero-order valence-corrected chi connectivity index (χ0v) is 11.6. The number of benzene rings is 2. The molecule has 114 valence electrons. The maximum atomic E-state index is 12.8. The van der Waals surface area contributed by atoms with E-state index in [0.29, 0.717) is 5.56 Å². The van der Waals surface area contributed by atoms with Crippen LogP contribution in [0, 0.1) is 5.82 Å². The second-order valence-corrected chi connectivity index (χ2v) is 4.45. The van der Waals surface area contributed by atoms with E-state index in [4.69, 9.17) is 15.2 Å². The molecule has 0 unspecified atom stereocenters. The van der Waals surface area contributed by atoms with Crippen molar-refractivity contribution >= 4 is 11.9 Å². The Bertz CT molecular complexity index is 670. The largest absolute Gasteiger partial charge is 0.483 e. The SMILES string of the molecule is NC(=O)COc1ccccc1C(=O)OCc1ccc(F)cc1. The smallest absolute Gasteiger partial charge is 0.342 e. The lowest BCUT2D eigenvalue weighted by Crippen LogP contribution is -2.21. The number of para-hydroxylation sites is 1. The molecular formula is C16H14FNO4. The van der Waals surface area contributed by atoms with Crippen LogP contribution in [0.5, 0.6) is 5.75 Å². The van der Waals surface area contributed by atoms with Crippen LogP contribution in [0.15, 0.2) is 48.5 Å². The number of carbonyl (C=O) groups is 2. The highest BCUT2D eigenvalue weighted by molar-refractivity contribution is 5.92. The molecule has 6 heteroatoms. The first-order valence-corrected chi connectivity index (χ1v) is 6.48. The molecule has 5 nitrogen and oxygen atoms in total. The number of hydrogen-bond acceptors (Lipinski definition) is 4. The topological polar surface area (TPSA) is 78.6 Å². The van der Waals surface area contributed by atoms with E-state index in [1.807, 2.05) is 0 Å². The van der Waals surface area contributed by atoms with E-state index in [1.165, 1.54) is 36.4 Å². The van der Waals surface area contributed by atoms with Crippen molar-refractivity contribution in [2.24, 2.45) is 5.73 Å². The summed E-state index contributed by atoms with van der Waals surface area (Å²) in [4.78, 5) is 22.8. The highest BCUT2D eigenvalue weighted by atomic mass is 19.1. The number of amides is 1. The van der Waals surface area contributed by atoms with Crippen LogP contribution in [0.3, 0.4) is 0 Å². The highest BCUT2D eigenvalue weighted by Gasteiger charge is 2.14. The molecule has 0 spiro atoms. The average molecular weight is 303 g/mol. The van der Waals surface area contributed by atoms with Gasteiger partial charge in [0.2, 0.25) is 0 Å². The summed E-state index contributed by atoms with van der Waals surface area (Å²) in [7, 11) is 0. The lowest BCUT2D eigenvalue weighted by molar-refractivity contribution is -0.119. The van der Waals surface area contributed by atoms with Gasteiger partial charge in [-0.1, -0.05) is 24.3 Å². The molecular weight excluding hydrogens is 289 g/mol. The Morgan fingerprint density at radius 1 is 1.05 bits per heavy atom. The van der Waals surface area contributed by atoms with Gasteiger partial charge in [-0.2, -0.15) is 0 Å². The summed E-state index contributed by atoms with van der Waals surface area (Å²) in [5.74, 6) is -1.40. The predicted molar refractivity (Wildman–Crippen MR) is 76.7 cm³/mol. The van der Waals surface area contributed by atoms with Gasteiger partial charge in [-0.15, -0.1) is 0 Å². The van der Waals surface area contributed by atoms with Gasteiger partial charge in [0, 0.05) is 0 Å². The third-order valence-electron chi connectivity index (χ3n) is 2.76. The van der Waals surface area contributed by atoms with Gasteiger partial charge in [-0.3, -0.25) is 4.79 Å². The number of esters is 1. The number of carbonyl (C=O) groups excluding carboxylic acids is 2. The Kier molecular flexibility index (Phi) is 5.08. The van der Waals surface area contributed by atoms with Crippen LogP contribution in [0.1, 0.15) is 15.9 Å². The van der Waals surface area contributed by atoms with E-state index in [2.05, 4.69) is 0 Å². The van der Waals surface area contributed by atoms with E-state index in [1.54, 1.807) is 12.1 Å². The number of ether oxygens (including phenoxy) is 2. The Labute approximate surface area is 126 Å². The van der Waals surface area contributed by atoms with Crippen molar-refractivity contribution in [1.29, 1.82) is 0 Å². The Morgan fingerprint density at radius 2 is 1.73 bits per heavy atom. The van der Waals surface area contributed by atoms with E-state index in [0.717, 1.165) is 0 Å². The summed E-state index contributed by atoms with van der Waals surface area (Å²) in [5, 5.41) is 0. The van der Waals surface area contributed by atoms with E-state index < -0.39 is 11.9 Å². The van der Waals surface area contributed by atoms with Gasteiger partial charge in [-0.25, -0.2) is 9.18 Å². The highest BCUT2D eigenvalue weighted by Crippen LogP contribution is 2.19. The maximum absolute atomic E-state index is 12.8. The third-order valence-corrected chi connectivity index (χ3v) is 2.76. The molecule has 0 atom stereocenters. The van der Waals surface area contributed by atoms with Crippen molar-refractivity contribution in [2.75, 3.05) is 6.61 Å². The predicted octanol–water partition coefficient (Wildman–Crippen LogP) is 2.05. The summed E-state index contributed by atoms with van der Waals surface area (Å²) >= 11 is 0. The van der Waals surface area contributed by atoms with Crippen molar-refractivity contribution in [1.82, 2.24) is 0 Å².